The van der Waals surface area contributed by atoms with E-state index in [1.807, 2.05) is 0 Å². The minimum atomic E-state index is -3.11. The highest BCUT2D eigenvalue weighted by atomic mass is 32.2. The normalized spacial score (nSPS) is 39.6. The van der Waals surface area contributed by atoms with Crippen LogP contribution in [0.15, 0.2) is 0 Å². The highest BCUT2D eigenvalue weighted by Crippen LogP contribution is 2.25. The fourth-order valence-corrected chi connectivity index (χ4v) is 4.59. The molecule has 18 heavy (non-hydrogen) atoms. The zero-order valence-corrected chi connectivity index (χ0v) is 11.0. The summed E-state index contributed by atoms with van der Waals surface area (Å²) in [6.45, 7) is 0. The van der Waals surface area contributed by atoms with Crippen LogP contribution in [0.2, 0.25) is 0 Å². The molecule has 7 heteroatoms. The first-order valence-corrected chi connectivity index (χ1v) is 8.13. The minimum Gasteiger partial charge on any atom is -0.390 e. The quantitative estimate of drug-likeness (QED) is 0.598. The second-order valence-electron chi connectivity index (χ2n) is 5.37. The number of nitrogens with two attached hydrogens (primary N) is 1. The molecule has 4 N–H and O–H groups in total. The van der Waals surface area contributed by atoms with E-state index in [9.17, 15) is 18.3 Å². The average molecular weight is 276 g/mol. The number of carbonyl (C=O) groups excluding carboxylic acids is 1. The fraction of sp³-hybridized carbons (Fsp3) is 0.909. The average Bonchev–Trinajstić information content (AvgIpc) is 2.52. The molecule has 0 aromatic heterocycles. The van der Waals surface area contributed by atoms with E-state index < -0.39 is 15.9 Å². The number of aliphatic hydroxyl groups is 1. The van der Waals surface area contributed by atoms with Gasteiger partial charge in [-0.2, -0.15) is 0 Å². The van der Waals surface area contributed by atoms with Gasteiger partial charge in [0.15, 0.2) is 9.84 Å². The van der Waals surface area contributed by atoms with Gasteiger partial charge >= 0.3 is 0 Å². The molecule has 1 heterocycles. The molecule has 1 amide bonds. The zero-order chi connectivity index (χ0) is 13.3. The van der Waals surface area contributed by atoms with Crippen molar-refractivity contribution >= 4 is 15.7 Å². The Labute approximate surface area is 107 Å². The Morgan fingerprint density at radius 3 is 2.22 bits per heavy atom. The van der Waals surface area contributed by atoms with Crippen molar-refractivity contribution in [3.05, 3.63) is 0 Å². The summed E-state index contributed by atoms with van der Waals surface area (Å²) in [5.41, 5.74) is 5.26. The number of hydrogen-bond donors (Lipinski definition) is 3. The van der Waals surface area contributed by atoms with Crippen molar-refractivity contribution < 1.29 is 18.3 Å². The predicted octanol–water partition coefficient (Wildman–Crippen LogP) is -1.22. The van der Waals surface area contributed by atoms with Gasteiger partial charge < -0.3 is 16.2 Å². The summed E-state index contributed by atoms with van der Waals surface area (Å²) in [7, 11) is -3.11. The van der Waals surface area contributed by atoms with Crippen LogP contribution in [0, 0.1) is 5.92 Å². The summed E-state index contributed by atoms with van der Waals surface area (Å²) in [6.07, 6.45) is 2.27. The molecular formula is C11H20N2O4S. The number of rotatable bonds is 3. The van der Waals surface area contributed by atoms with Crippen LogP contribution in [0.4, 0.5) is 0 Å². The zero-order valence-electron chi connectivity index (χ0n) is 10.2. The summed E-state index contributed by atoms with van der Waals surface area (Å²) >= 11 is 0. The molecule has 0 spiro atoms. The molecule has 1 aliphatic heterocycles. The van der Waals surface area contributed by atoms with Crippen LogP contribution < -0.4 is 11.1 Å². The number of primary amides is 1. The highest BCUT2D eigenvalue weighted by Gasteiger charge is 2.38. The van der Waals surface area contributed by atoms with Crippen molar-refractivity contribution in [2.75, 3.05) is 11.5 Å². The van der Waals surface area contributed by atoms with Crippen molar-refractivity contribution in [1.82, 2.24) is 5.32 Å². The Balaban J connectivity index is 1.84. The molecule has 0 aromatic rings. The summed E-state index contributed by atoms with van der Waals surface area (Å²) < 4.78 is 22.7. The molecular weight excluding hydrogens is 256 g/mol. The SMILES string of the molecule is NC(=O)C1CCC(NC2CS(=O)(=O)CC2O)CC1. The number of amides is 1. The van der Waals surface area contributed by atoms with E-state index in [0.29, 0.717) is 0 Å². The summed E-state index contributed by atoms with van der Waals surface area (Å²) in [4.78, 5) is 11.0. The molecule has 2 aliphatic rings. The molecule has 2 rings (SSSR count). The maximum Gasteiger partial charge on any atom is 0.220 e. The Bertz CT molecular complexity index is 415. The topological polar surface area (TPSA) is 109 Å². The second-order valence-corrected chi connectivity index (χ2v) is 7.52. The Kier molecular flexibility index (Phi) is 3.93. The van der Waals surface area contributed by atoms with Gasteiger partial charge in [0.1, 0.15) is 0 Å². The molecule has 0 aromatic carbocycles. The molecule has 1 saturated carbocycles. The van der Waals surface area contributed by atoms with Crippen LogP contribution >= 0.6 is 0 Å². The van der Waals surface area contributed by atoms with Gasteiger partial charge in [0.25, 0.3) is 0 Å². The van der Waals surface area contributed by atoms with Crippen LogP contribution in [0.3, 0.4) is 0 Å². The van der Waals surface area contributed by atoms with Crippen molar-refractivity contribution in [2.45, 2.75) is 43.9 Å². The van der Waals surface area contributed by atoms with Gasteiger partial charge in [-0.05, 0) is 25.7 Å². The largest absolute Gasteiger partial charge is 0.390 e. The molecule has 1 aliphatic carbocycles. The van der Waals surface area contributed by atoms with Gasteiger partial charge in [-0.1, -0.05) is 0 Å². The van der Waals surface area contributed by atoms with E-state index in [1.54, 1.807) is 0 Å². The van der Waals surface area contributed by atoms with E-state index in [2.05, 4.69) is 5.32 Å². The number of aliphatic hydroxyl groups excluding tert-OH is 1. The van der Waals surface area contributed by atoms with Gasteiger partial charge in [-0.15, -0.1) is 0 Å². The third-order valence-corrected chi connectivity index (χ3v) is 5.62. The number of sulfone groups is 1. The van der Waals surface area contributed by atoms with Gasteiger partial charge in [0.2, 0.25) is 5.91 Å². The van der Waals surface area contributed by atoms with Gasteiger partial charge in [-0.3, -0.25) is 4.79 Å². The lowest BCUT2D eigenvalue weighted by Crippen LogP contribution is -2.47. The van der Waals surface area contributed by atoms with Gasteiger partial charge in [0, 0.05) is 18.0 Å². The lowest BCUT2D eigenvalue weighted by molar-refractivity contribution is -0.122. The van der Waals surface area contributed by atoms with E-state index >= 15 is 0 Å². The van der Waals surface area contributed by atoms with Crippen molar-refractivity contribution in [2.24, 2.45) is 11.7 Å². The lowest BCUT2D eigenvalue weighted by Gasteiger charge is -2.30. The van der Waals surface area contributed by atoms with Crippen LogP contribution in [0.1, 0.15) is 25.7 Å². The predicted molar refractivity (Wildman–Crippen MR) is 66.5 cm³/mol. The smallest absolute Gasteiger partial charge is 0.220 e. The Morgan fingerprint density at radius 2 is 1.78 bits per heavy atom. The van der Waals surface area contributed by atoms with Gasteiger partial charge in [-0.25, -0.2) is 8.42 Å². The molecule has 2 atom stereocenters. The fourth-order valence-electron chi connectivity index (χ4n) is 2.84. The van der Waals surface area contributed by atoms with Crippen LogP contribution in [0.5, 0.6) is 0 Å². The summed E-state index contributed by atoms with van der Waals surface area (Å²) in [6, 6.07) is -0.196. The third kappa shape index (κ3) is 3.21. The number of carbonyl (C=O) groups is 1. The standard InChI is InChI=1S/C11H20N2O4S/c12-11(15)7-1-3-8(4-2-7)13-9-5-18(16,17)6-10(9)14/h7-10,13-14H,1-6H2,(H2,12,15). The van der Waals surface area contributed by atoms with Crippen molar-refractivity contribution in [3.8, 4) is 0 Å². The van der Waals surface area contributed by atoms with E-state index in [-0.39, 0.29) is 35.4 Å². The molecule has 2 unspecified atom stereocenters. The van der Waals surface area contributed by atoms with Crippen molar-refractivity contribution in [3.63, 3.8) is 0 Å². The van der Waals surface area contributed by atoms with Crippen LogP contribution in [-0.2, 0) is 14.6 Å². The second kappa shape index (κ2) is 5.14. The molecule has 1 saturated heterocycles. The number of nitrogens with one attached hydrogen (secondary N) is 1. The van der Waals surface area contributed by atoms with E-state index in [1.165, 1.54) is 0 Å². The molecule has 0 bridgehead atoms. The summed E-state index contributed by atoms with van der Waals surface area (Å²) in [5, 5.41) is 12.9. The summed E-state index contributed by atoms with van der Waals surface area (Å²) in [5.74, 6) is -0.456. The molecule has 104 valence electrons. The molecule has 6 nitrogen and oxygen atoms in total. The first-order valence-electron chi connectivity index (χ1n) is 6.31. The van der Waals surface area contributed by atoms with E-state index in [4.69, 9.17) is 5.73 Å². The molecule has 2 fully saturated rings. The first-order chi connectivity index (χ1) is 8.37. The Hall–Kier alpha value is -0.660. The van der Waals surface area contributed by atoms with Crippen LogP contribution in [-0.4, -0.2) is 49.1 Å². The molecule has 0 radical (unpaired) electrons. The third-order valence-electron chi connectivity index (χ3n) is 3.90. The van der Waals surface area contributed by atoms with E-state index in [0.717, 1.165) is 25.7 Å². The highest BCUT2D eigenvalue weighted by molar-refractivity contribution is 7.91. The maximum absolute atomic E-state index is 11.4. The number of hydrogen-bond acceptors (Lipinski definition) is 5. The van der Waals surface area contributed by atoms with Crippen LogP contribution in [0.25, 0.3) is 0 Å². The minimum absolute atomic E-state index is 0.00388. The van der Waals surface area contributed by atoms with Crippen molar-refractivity contribution in [1.29, 1.82) is 0 Å². The lowest BCUT2D eigenvalue weighted by atomic mass is 9.85. The first kappa shape index (κ1) is 13.8. The Morgan fingerprint density at radius 1 is 1.17 bits per heavy atom. The monoisotopic (exact) mass is 276 g/mol. The van der Waals surface area contributed by atoms with Gasteiger partial charge in [0.05, 0.1) is 17.6 Å². The maximum atomic E-state index is 11.4.